The lowest BCUT2D eigenvalue weighted by molar-refractivity contribution is 0.174. The third-order valence-electron chi connectivity index (χ3n) is 2.59. The van der Waals surface area contributed by atoms with Crippen molar-refractivity contribution in [2.75, 3.05) is 13.4 Å². The summed E-state index contributed by atoms with van der Waals surface area (Å²) in [6.07, 6.45) is 5.31. The second kappa shape index (κ2) is 4.30. The van der Waals surface area contributed by atoms with Crippen LogP contribution in [0.5, 0.6) is 11.5 Å². The Kier molecular flexibility index (Phi) is 2.84. The van der Waals surface area contributed by atoms with Gasteiger partial charge in [-0.25, -0.2) is 0 Å². The molecule has 1 aromatic rings. The average Bonchev–Trinajstić information content (AvgIpc) is 2.77. The molecule has 1 heterocycles. The van der Waals surface area contributed by atoms with Crippen LogP contribution in [0.2, 0.25) is 0 Å². The highest BCUT2D eigenvalue weighted by molar-refractivity contribution is 5.72. The molecular formula is C13H12O3. The molecule has 1 aliphatic heterocycles. The normalized spacial score (nSPS) is 14.3. The van der Waals surface area contributed by atoms with Gasteiger partial charge in [-0.3, -0.25) is 0 Å². The molecule has 3 heteroatoms. The molecule has 1 aliphatic rings. The number of hydrogen-bond donors (Lipinski definition) is 1. The summed E-state index contributed by atoms with van der Waals surface area (Å²) in [6, 6.07) is 5.60. The Morgan fingerprint density at radius 2 is 2.19 bits per heavy atom. The van der Waals surface area contributed by atoms with Crippen LogP contribution in [-0.4, -0.2) is 18.5 Å². The maximum Gasteiger partial charge on any atom is 0.231 e. The van der Waals surface area contributed by atoms with Crippen LogP contribution in [0.1, 0.15) is 12.5 Å². The molecule has 1 N–H and O–H groups in total. The number of rotatable bonds is 2. The number of aliphatic hydroxyl groups is 1. The molecule has 16 heavy (non-hydrogen) atoms. The van der Waals surface area contributed by atoms with E-state index in [1.807, 2.05) is 25.1 Å². The van der Waals surface area contributed by atoms with Crippen LogP contribution in [0.4, 0.5) is 0 Å². The molecule has 0 spiro atoms. The van der Waals surface area contributed by atoms with Gasteiger partial charge in [0.2, 0.25) is 6.79 Å². The van der Waals surface area contributed by atoms with Crippen LogP contribution in [-0.2, 0) is 0 Å². The minimum atomic E-state index is -0.128. The zero-order valence-electron chi connectivity index (χ0n) is 8.99. The quantitative estimate of drug-likeness (QED) is 0.766. The first-order valence-corrected chi connectivity index (χ1v) is 4.93. The average molecular weight is 216 g/mol. The Balaban J connectivity index is 2.43. The monoisotopic (exact) mass is 216 g/mol. The third-order valence-corrected chi connectivity index (χ3v) is 2.59. The Bertz CT molecular complexity index is 480. The van der Waals surface area contributed by atoms with E-state index in [1.165, 1.54) is 0 Å². The van der Waals surface area contributed by atoms with E-state index in [4.69, 9.17) is 21.0 Å². The molecular weight excluding hydrogens is 204 g/mol. The van der Waals surface area contributed by atoms with Crippen molar-refractivity contribution in [3.63, 3.8) is 0 Å². The zero-order valence-corrected chi connectivity index (χ0v) is 8.99. The van der Waals surface area contributed by atoms with E-state index in [1.54, 1.807) is 0 Å². The third kappa shape index (κ3) is 1.75. The SMILES string of the molecule is C#C/C(CO)=C(/C)c1ccc2c(c1)OCO2. The minimum absolute atomic E-state index is 0.128. The van der Waals surface area contributed by atoms with Crippen molar-refractivity contribution in [1.29, 1.82) is 0 Å². The Morgan fingerprint density at radius 1 is 1.44 bits per heavy atom. The summed E-state index contributed by atoms with van der Waals surface area (Å²) < 4.78 is 10.5. The van der Waals surface area contributed by atoms with E-state index in [0.717, 1.165) is 16.9 Å². The van der Waals surface area contributed by atoms with Crippen molar-refractivity contribution < 1.29 is 14.6 Å². The molecule has 0 aliphatic carbocycles. The lowest BCUT2D eigenvalue weighted by atomic mass is 10.0. The lowest BCUT2D eigenvalue weighted by Gasteiger charge is -2.06. The number of benzene rings is 1. The molecule has 1 aromatic carbocycles. The van der Waals surface area contributed by atoms with E-state index < -0.39 is 0 Å². The summed E-state index contributed by atoms with van der Waals surface area (Å²) in [5.41, 5.74) is 2.40. The largest absolute Gasteiger partial charge is 0.454 e. The summed E-state index contributed by atoms with van der Waals surface area (Å²) in [5, 5.41) is 9.09. The van der Waals surface area contributed by atoms with E-state index >= 15 is 0 Å². The smallest absolute Gasteiger partial charge is 0.231 e. The minimum Gasteiger partial charge on any atom is -0.454 e. The van der Waals surface area contributed by atoms with Crippen LogP contribution in [0, 0.1) is 12.3 Å². The number of ether oxygens (including phenoxy) is 2. The van der Waals surface area contributed by atoms with E-state index in [9.17, 15) is 0 Å². The Hall–Kier alpha value is -1.92. The van der Waals surface area contributed by atoms with Gasteiger partial charge in [0.25, 0.3) is 0 Å². The molecule has 0 radical (unpaired) electrons. The molecule has 0 unspecified atom stereocenters. The van der Waals surface area contributed by atoms with E-state index in [2.05, 4.69) is 5.92 Å². The topological polar surface area (TPSA) is 38.7 Å². The fraction of sp³-hybridized carbons (Fsp3) is 0.231. The van der Waals surface area contributed by atoms with Crippen LogP contribution in [0.15, 0.2) is 23.8 Å². The first-order valence-electron chi connectivity index (χ1n) is 4.93. The number of aliphatic hydroxyl groups excluding tert-OH is 1. The second-order valence-corrected chi connectivity index (χ2v) is 3.47. The van der Waals surface area contributed by atoms with Gasteiger partial charge in [0.1, 0.15) is 0 Å². The van der Waals surface area contributed by atoms with Gasteiger partial charge in [-0.15, -0.1) is 6.42 Å². The van der Waals surface area contributed by atoms with Gasteiger partial charge >= 0.3 is 0 Å². The summed E-state index contributed by atoms with van der Waals surface area (Å²) >= 11 is 0. The molecule has 0 fully saturated rings. The molecule has 0 amide bonds. The standard InChI is InChI=1S/C13H12O3/c1-3-10(7-14)9(2)11-4-5-12-13(6-11)16-8-15-12/h1,4-6,14H,7-8H2,2H3/b10-9+. The number of allylic oxidation sites excluding steroid dienone is 1. The van der Waals surface area contributed by atoms with E-state index in [-0.39, 0.29) is 13.4 Å². The summed E-state index contributed by atoms with van der Waals surface area (Å²) in [6.45, 7) is 2.00. The van der Waals surface area contributed by atoms with Crippen molar-refractivity contribution in [2.45, 2.75) is 6.92 Å². The second-order valence-electron chi connectivity index (χ2n) is 3.47. The van der Waals surface area contributed by atoms with Crippen molar-refractivity contribution >= 4 is 5.57 Å². The maximum atomic E-state index is 9.09. The molecule has 0 bridgehead atoms. The van der Waals surface area contributed by atoms with Gasteiger partial charge in [-0.05, 0) is 30.2 Å². The van der Waals surface area contributed by atoms with Gasteiger partial charge in [-0.1, -0.05) is 12.0 Å². The highest BCUT2D eigenvalue weighted by Gasteiger charge is 2.14. The fourth-order valence-corrected chi connectivity index (χ4v) is 1.58. The molecule has 3 nitrogen and oxygen atoms in total. The van der Waals surface area contributed by atoms with Crippen LogP contribution >= 0.6 is 0 Å². The number of fused-ring (bicyclic) bond motifs is 1. The van der Waals surface area contributed by atoms with Crippen molar-refractivity contribution in [3.8, 4) is 23.8 Å². The summed E-state index contributed by atoms with van der Waals surface area (Å²) in [4.78, 5) is 0. The molecule has 0 saturated carbocycles. The molecule has 0 aromatic heterocycles. The highest BCUT2D eigenvalue weighted by atomic mass is 16.7. The zero-order chi connectivity index (χ0) is 11.5. The predicted octanol–water partition coefficient (Wildman–Crippen LogP) is 1.81. The fourth-order valence-electron chi connectivity index (χ4n) is 1.58. The predicted molar refractivity (Wildman–Crippen MR) is 61.1 cm³/mol. The van der Waals surface area contributed by atoms with Gasteiger partial charge in [0, 0.05) is 5.57 Å². The van der Waals surface area contributed by atoms with Crippen LogP contribution in [0.25, 0.3) is 5.57 Å². The lowest BCUT2D eigenvalue weighted by Crippen LogP contribution is -1.93. The Labute approximate surface area is 94.3 Å². The molecule has 2 rings (SSSR count). The van der Waals surface area contributed by atoms with Gasteiger partial charge in [0.15, 0.2) is 11.5 Å². The molecule has 0 atom stereocenters. The molecule has 82 valence electrons. The summed E-state index contributed by atoms with van der Waals surface area (Å²) in [7, 11) is 0. The van der Waals surface area contributed by atoms with Gasteiger partial charge in [-0.2, -0.15) is 0 Å². The van der Waals surface area contributed by atoms with Crippen molar-refractivity contribution in [3.05, 3.63) is 29.3 Å². The van der Waals surface area contributed by atoms with Crippen LogP contribution in [0.3, 0.4) is 0 Å². The first kappa shape index (κ1) is 10.6. The van der Waals surface area contributed by atoms with Crippen LogP contribution < -0.4 is 9.47 Å². The molecule has 0 saturated heterocycles. The van der Waals surface area contributed by atoms with Gasteiger partial charge in [0.05, 0.1) is 6.61 Å². The highest BCUT2D eigenvalue weighted by Crippen LogP contribution is 2.34. The Morgan fingerprint density at radius 3 is 2.88 bits per heavy atom. The van der Waals surface area contributed by atoms with Crippen molar-refractivity contribution in [1.82, 2.24) is 0 Å². The maximum absolute atomic E-state index is 9.09. The number of hydrogen-bond acceptors (Lipinski definition) is 3. The van der Waals surface area contributed by atoms with Crippen molar-refractivity contribution in [2.24, 2.45) is 0 Å². The first-order chi connectivity index (χ1) is 7.76. The summed E-state index contributed by atoms with van der Waals surface area (Å²) in [5.74, 6) is 3.93. The van der Waals surface area contributed by atoms with E-state index in [0.29, 0.717) is 11.3 Å². The number of terminal acetylenes is 1. The van der Waals surface area contributed by atoms with Gasteiger partial charge < -0.3 is 14.6 Å².